The molecule has 0 heterocycles. The van der Waals surface area contributed by atoms with Crippen LogP contribution in [0.25, 0.3) is 0 Å². The molecule has 1 aromatic rings. The molecule has 43 heavy (non-hydrogen) atoms. The van der Waals surface area contributed by atoms with E-state index in [1.54, 1.807) is 0 Å². The predicted octanol–water partition coefficient (Wildman–Crippen LogP) is 4.98. The molecule has 0 amide bonds. The summed E-state index contributed by atoms with van der Waals surface area (Å²) in [5, 5.41) is -2.33. The SMILES string of the molecule is CCCCCCCC(C(=O)c1ccc(C(F)(F)C(F)(F)C(F)(F)C(F)(F)C(F)(F)C(F)(F)C(F)(F)F)cc1)S(=O)(=O)[O-].[Na+]. The summed E-state index contributed by atoms with van der Waals surface area (Å²) < 4.78 is 236. The number of hydrogen-bond acceptors (Lipinski definition) is 4. The monoisotopic (exact) mass is 688 g/mol. The van der Waals surface area contributed by atoms with E-state index in [9.17, 15) is 83.6 Å². The molecule has 244 valence electrons. The Balaban J connectivity index is 0.0000176. The molecule has 1 aromatic carbocycles. The molecule has 0 aliphatic heterocycles. The summed E-state index contributed by atoms with van der Waals surface area (Å²) in [6, 6.07) is -0.625. The van der Waals surface area contributed by atoms with Gasteiger partial charge in [0.25, 0.3) is 0 Å². The zero-order valence-corrected chi connectivity index (χ0v) is 24.7. The maximum absolute atomic E-state index is 14.4. The minimum absolute atomic E-state index is 0. The van der Waals surface area contributed by atoms with Gasteiger partial charge in [-0.05, 0) is 6.42 Å². The number of ketones is 1. The second-order valence-electron chi connectivity index (χ2n) is 9.07. The van der Waals surface area contributed by atoms with Crippen LogP contribution in [0.5, 0.6) is 0 Å². The zero-order chi connectivity index (χ0) is 33.4. The average Bonchev–Trinajstić information content (AvgIpc) is 2.83. The number of Topliss-reactive ketones (excluding diaryl/α,β-unsaturated/α-hetero) is 1. The summed E-state index contributed by atoms with van der Waals surface area (Å²) in [5.74, 6) is -49.3. The van der Waals surface area contributed by atoms with Gasteiger partial charge in [-0.2, -0.15) is 65.9 Å². The van der Waals surface area contributed by atoms with Gasteiger partial charge in [-0.15, -0.1) is 0 Å². The molecule has 0 aromatic heterocycles. The molecule has 1 unspecified atom stereocenters. The summed E-state index contributed by atoms with van der Waals surface area (Å²) in [7, 11) is -5.40. The molecule has 1 rings (SSSR count). The van der Waals surface area contributed by atoms with E-state index < -0.39 is 80.4 Å². The van der Waals surface area contributed by atoms with E-state index >= 15 is 0 Å². The molecule has 0 saturated heterocycles. The predicted molar refractivity (Wildman–Crippen MR) is 112 cm³/mol. The molecule has 0 aliphatic rings. The van der Waals surface area contributed by atoms with Crippen molar-refractivity contribution in [3.05, 3.63) is 35.4 Å². The van der Waals surface area contributed by atoms with Crippen molar-refractivity contribution >= 4 is 15.9 Å². The maximum atomic E-state index is 14.4. The van der Waals surface area contributed by atoms with Crippen LogP contribution in [0.4, 0.5) is 65.9 Å². The number of unbranched alkanes of at least 4 members (excludes halogenated alkanes) is 4. The summed E-state index contributed by atoms with van der Waals surface area (Å²) >= 11 is 0. The second kappa shape index (κ2) is 13.6. The Bertz CT molecular complexity index is 1200. The van der Waals surface area contributed by atoms with E-state index in [0.29, 0.717) is 19.3 Å². The first-order chi connectivity index (χ1) is 18.6. The van der Waals surface area contributed by atoms with Crippen LogP contribution < -0.4 is 29.6 Å². The van der Waals surface area contributed by atoms with Gasteiger partial charge < -0.3 is 4.55 Å². The van der Waals surface area contributed by atoms with E-state index in [-0.39, 0.29) is 60.2 Å². The van der Waals surface area contributed by atoms with Gasteiger partial charge in [-0.25, -0.2) is 8.42 Å². The smallest absolute Gasteiger partial charge is 0.747 e. The third kappa shape index (κ3) is 7.60. The van der Waals surface area contributed by atoms with Crippen molar-refractivity contribution in [1.29, 1.82) is 0 Å². The minimum atomic E-state index is -8.45. The van der Waals surface area contributed by atoms with Gasteiger partial charge in [0.15, 0.2) is 5.78 Å². The van der Waals surface area contributed by atoms with Crippen molar-refractivity contribution in [3.63, 3.8) is 0 Å². The van der Waals surface area contributed by atoms with E-state index in [2.05, 4.69) is 0 Å². The molecular formula is C22H20F15NaO4S. The van der Waals surface area contributed by atoms with Gasteiger partial charge >= 0.3 is 71.3 Å². The van der Waals surface area contributed by atoms with Crippen molar-refractivity contribution in [3.8, 4) is 0 Å². The van der Waals surface area contributed by atoms with Crippen LogP contribution in [0.1, 0.15) is 61.4 Å². The molecule has 21 heteroatoms. The van der Waals surface area contributed by atoms with E-state index in [1.807, 2.05) is 6.92 Å². The largest absolute Gasteiger partial charge is 1.00 e. The van der Waals surface area contributed by atoms with Crippen LogP contribution in [-0.4, -0.2) is 59.8 Å². The Hall–Kier alpha value is -1.25. The van der Waals surface area contributed by atoms with Gasteiger partial charge in [0.05, 0.1) is 0 Å². The van der Waals surface area contributed by atoms with Gasteiger partial charge in [-0.1, -0.05) is 63.3 Å². The van der Waals surface area contributed by atoms with E-state index in [4.69, 9.17) is 0 Å². The fraction of sp³-hybridized carbons (Fsp3) is 0.682. The van der Waals surface area contributed by atoms with Crippen molar-refractivity contribution in [2.75, 3.05) is 0 Å². The Morgan fingerprint density at radius 3 is 1.47 bits per heavy atom. The van der Waals surface area contributed by atoms with Gasteiger partial charge in [0, 0.05) is 11.1 Å². The second-order valence-corrected chi connectivity index (χ2v) is 10.6. The molecule has 4 nitrogen and oxygen atoms in total. The molecule has 0 bridgehead atoms. The minimum Gasteiger partial charge on any atom is -0.747 e. The van der Waals surface area contributed by atoms with Gasteiger partial charge in [0.2, 0.25) is 0 Å². The fourth-order valence-electron chi connectivity index (χ4n) is 3.52. The van der Waals surface area contributed by atoms with E-state index in [0.717, 1.165) is 6.42 Å². The van der Waals surface area contributed by atoms with E-state index in [1.165, 1.54) is 0 Å². The van der Waals surface area contributed by atoms with Crippen LogP contribution in [-0.2, 0) is 16.0 Å². The summed E-state index contributed by atoms with van der Waals surface area (Å²) in [4.78, 5) is 12.5. The van der Waals surface area contributed by atoms with Crippen molar-refractivity contribution < 1.29 is 113 Å². The molecule has 0 N–H and O–H groups in total. The first-order valence-electron chi connectivity index (χ1n) is 11.5. The zero-order valence-electron chi connectivity index (χ0n) is 21.8. The Morgan fingerprint density at radius 1 is 0.674 bits per heavy atom. The number of halogens is 15. The summed E-state index contributed by atoms with van der Waals surface area (Å²) in [6.07, 6.45) is -5.93. The van der Waals surface area contributed by atoms with Crippen LogP contribution >= 0.6 is 0 Å². The molecule has 1 atom stereocenters. The van der Waals surface area contributed by atoms with Gasteiger partial charge in [0.1, 0.15) is 15.4 Å². The van der Waals surface area contributed by atoms with Crippen molar-refractivity contribution in [2.24, 2.45) is 0 Å². The molecule has 0 saturated carbocycles. The Kier molecular flexibility index (Phi) is 13.2. The molecule has 0 spiro atoms. The first kappa shape index (κ1) is 41.8. The van der Waals surface area contributed by atoms with Crippen molar-refractivity contribution in [1.82, 2.24) is 0 Å². The fourth-order valence-corrected chi connectivity index (χ4v) is 4.37. The summed E-state index contributed by atoms with van der Waals surface area (Å²) in [5.41, 5.74) is -3.43. The van der Waals surface area contributed by atoms with Crippen LogP contribution in [0.2, 0.25) is 0 Å². The standard InChI is InChI=1S/C22H21F15O4S.Na/c1-2-3-4-5-6-7-14(42(39,40)41)15(38)12-8-10-13(11-9-12)16(23,24)17(25,26)18(27,28)19(29,30)20(31,32)21(33,34)22(35,36)37;/h8-11,14H,2-7H2,1H3,(H,39,40,41);/q;+1/p-1. The summed E-state index contributed by atoms with van der Waals surface area (Å²) in [6.45, 7) is 1.83. The van der Waals surface area contributed by atoms with Gasteiger partial charge in [-0.3, -0.25) is 4.79 Å². The third-order valence-electron chi connectivity index (χ3n) is 6.07. The molecular weight excluding hydrogens is 668 g/mol. The number of rotatable bonds is 15. The number of carbonyl (C=O) groups excluding carboxylic acids is 1. The quantitative estimate of drug-likeness (QED) is 0.0858. The number of carbonyl (C=O) groups is 1. The topological polar surface area (TPSA) is 74.3 Å². The third-order valence-corrected chi connectivity index (χ3v) is 7.22. The average molecular weight is 688 g/mol. The molecule has 0 aliphatic carbocycles. The Labute approximate surface area is 256 Å². The normalized spacial score (nSPS) is 15.2. The number of alkyl halides is 15. The Morgan fingerprint density at radius 2 is 1.07 bits per heavy atom. The number of benzene rings is 1. The van der Waals surface area contributed by atoms with Crippen LogP contribution in [0, 0.1) is 0 Å². The molecule has 0 fully saturated rings. The maximum Gasteiger partial charge on any atom is 1.00 e. The van der Waals surface area contributed by atoms with Crippen LogP contribution in [0.3, 0.4) is 0 Å². The van der Waals surface area contributed by atoms with Crippen molar-refractivity contribution in [2.45, 2.75) is 92.4 Å². The molecule has 0 radical (unpaired) electrons. The van der Waals surface area contributed by atoms with Crippen LogP contribution in [0.15, 0.2) is 24.3 Å². The number of hydrogen-bond donors (Lipinski definition) is 0. The first-order valence-corrected chi connectivity index (χ1v) is 13.0.